The summed E-state index contributed by atoms with van der Waals surface area (Å²) < 4.78 is 7.23. The van der Waals surface area contributed by atoms with Crippen molar-refractivity contribution in [2.75, 3.05) is 13.7 Å². The van der Waals surface area contributed by atoms with Crippen molar-refractivity contribution in [3.05, 3.63) is 42.6 Å². The Labute approximate surface area is 136 Å². The van der Waals surface area contributed by atoms with E-state index in [2.05, 4.69) is 17.5 Å². The van der Waals surface area contributed by atoms with Gasteiger partial charge in [0.25, 0.3) is 0 Å². The zero-order valence-electron chi connectivity index (χ0n) is 13.4. The Balaban J connectivity index is 1.38. The number of nitrogens with one attached hydrogen (secondary N) is 1. The molecule has 1 N–H and O–H groups in total. The van der Waals surface area contributed by atoms with Crippen LogP contribution in [-0.2, 0) is 11.3 Å². The molecule has 0 spiro atoms. The lowest BCUT2D eigenvalue weighted by Crippen LogP contribution is -2.33. The molecule has 0 saturated heterocycles. The van der Waals surface area contributed by atoms with Crippen LogP contribution in [0.25, 0.3) is 10.9 Å². The molecule has 3 atom stereocenters. The number of nitrogens with zero attached hydrogens (tertiary/aromatic N) is 1. The van der Waals surface area contributed by atoms with E-state index < -0.39 is 0 Å². The molecule has 2 aliphatic carbocycles. The first-order valence-electron chi connectivity index (χ1n) is 8.31. The second-order valence-corrected chi connectivity index (χ2v) is 6.71. The highest BCUT2D eigenvalue weighted by atomic mass is 16.5. The van der Waals surface area contributed by atoms with Gasteiger partial charge < -0.3 is 14.6 Å². The van der Waals surface area contributed by atoms with Crippen LogP contribution in [0.4, 0.5) is 0 Å². The summed E-state index contributed by atoms with van der Waals surface area (Å²) in [6.45, 7) is 1.17. The van der Waals surface area contributed by atoms with E-state index in [9.17, 15) is 4.79 Å². The lowest BCUT2D eigenvalue weighted by Gasteiger charge is -2.18. The molecule has 2 bridgehead atoms. The number of allylic oxidation sites excluding steroid dienone is 2. The standard InChI is InChI=1S/C19H22N2O2/c1-23-17-4-5-18-15(10-17)6-7-21(18)12-19(22)20-11-16-9-13-2-3-14(16)8-13/h2-7,10,13-14,16H,8-9,11-12H2,1H3,(H,20,22)/t13-,14-,16-/m0/s1. The number of carbonyl (C=O) groups is 1. The monoisotopic (exact) mass is 310 g/mol. The SMILES string of the molecule is COc1ccc2c(ccn2CC(=O)NC[C@@H]2C[C@H]3C=C[C@H]2C3)c1. The maximum atomic E-state index is 12.3. The van der Waals surface area contributed by atoms with Gasteiger partial charge in [-0.25, -0.2) is 0 Å². The first-order chi connectivity index (χ1) is 11.2. The highest BCUT2D eigenvalue weighted by Crippen LogP contribution is 2.42. The van der Waals surface area contributed by atoms with Gasteiger partial charge in [0.2, 0.25) is 5.91 Å². The van der Waals surface area contributed by atoms with Crippen LogP contribution in [-0.4, -0.2) is 24.1 Å². The second-order valence-electron chi connectivity index (χ2n) is 6.71. The Morgan fingerprint density at radius 2 is 2.22 bits per heavy atom. The fourth-order valence-electron chi connectivity index (χ4n) is 4.03. The van der Waals surface area contributed by atoms with Crippen LogP contribution < -0.4 is 10.1 Å². The summed E-state index contributed by atoms with van der Waals surface area (Å²) in [5.74, 6) is 2.99. The van der Waals surface area contributed by atoms with Gasteiger partial charge in [-0.15, -0.1) is 0 Å². The predicted molar refractivity (Wildman–Crippen MR) is 90.3 cm³/mol. The number of fused-ring (bicyclic) bond motifs is 3. The molecule has 23 heavy (non-hydrogen) atoms. The van der Waals surface area contributed by atoms with Crippen molar-refractivity contribution in [3.8, 4) is 5.75 Å². The zero-order valence-corrected chi connectivity index (χ0v) is 13.4. The van der Waals surface area contributed by atoms with E-state index in [4.69, 9.17) is 4.74 Å². The average molecular weight is 310 g/mol. The Hall–Kier alpha value is -2.23. The molecule has 4 nitrogen and oxygen atoms in total. The van der Waals surface area contributed by atoms with Gasteiger partial charge in [-0.1, -0.05) is 12.2 Å². The molecule has 2 aliphatic rings. The van der Waals surface area contributed by atoms with E-state index in [-0.39, 0.29) is 5.91 Å². The fraction of sp³-hybridized carbons (Fsp3) is 0.421. The number of aromatic nitrogens is 1. The maximum absolute atomic E-state index is 12.3. The topological polar surface area (TPSA) is 43.3 Å². The van der Waals surface area contributed by atoms with Gasteiger partial charge in [-0.3, -0.25) is 4.79 Å². The van der Waals surface area contributed by atoms with E-state index >= 15 is 0 Å². The zero-order chi connectivity index (χ0) is 15.8. The molecule has 1 saturated carbocycles. The summed E-state index contributed by atoms with van der Waals surface area (Å²) in [5, 5.41) is 4.21. The largest absolute Gasteiger partial charge is 0.497 e. The van der Waals surface area contributed by atoms with Crippen molar-refractivity contribution in [2.45, 2.75) is 19.4 Å². The van der Waals surface area contributed by atoms with Gasteiger partial charge in [-0.2, -0.15) is 0 Å². The number of carbonyl (C=O) groups excluding carboxylic acids is 1. The van der Waals surface area contributed by atoms with Crippen molar-refractivity contribution in [1.29, 1.82) is 0 Å². The minimum atomic E-state index is 0.0880. The van der Waals surface area contributed by atoms with Crippen LogP contribution in [0.2, 0.25) is 0 Å². The molecule has 120 valence electrons. The first-order valence-corrected chi connectivity index (χ1v) is 8.31. The predicted octanol–water partition coefficient (Wildman–Crippen LogP) is 2.98. The Kier molecular flexibility index (Phi) is 3.60. The smallest absolute Gasteiger partial charge is 0.239 e. The summed E-state index contributed by atoms with van der Waals surface area (Å²) in [6.07, 6.45) is 9.14. The van der Waals surface area contributed by atoms with E-state index in [1.54, 1.807) is 7.11 Å². The maximum Gasteiger partial charge on any atom is 0.239 e. The summed E-state index contributed by atoms with van der Waals surface area (Å²) in [7, 11) is 1.66. The van der Waals surface area contributed by atoms with Crippen molar-refractivity contribution in [2.24, 2.45) is 17.8 Å². The third-order valence-electron chi connectivity index (χ3n) is 5.27. The second kappa shape index (κ2) is 5.76. The van der Waals surface area contributed by atoms with Crippen LogP contribution in [0.3, 0.4) is 0 Å². The number of ether oxygens (including phenoxy) is 1. The van der Waals surface area contributed by atoms with Crippen LogP contribution in [0.1, 0.15) is 12.8 Å². The summed E-state index contributed by atoms with van der Waals surface area (Å²) in [4.78, 5) is 12.3. The van der Waals surface area contributed by atoms with Crippen molar-refractivity contribution in [3.63, 3.8) is 0 Å². The van der Waals surface area contributed by atoms with Crippen molar-refractivity contribution in [1.82, 2.24) is 9.88 Å². The van der Waals surface area contributed by atoms with Gasteiger partial charge in [0.15, 0.2) is 0 Å². The molecule has 0 aliphatic heterocycles. The van der Waals surface area contributed by atoms with E-state index in [1.165, 1.54) is 12.8 Å². The molecule has 4 heteroatoms. The molecule has 1 fully saturated rings. The molecule has 1 aromatic heterocycles. The summed E-state index contributed by atoms with van der Waals surface area (Å²) in [5.41, 5.74) is 1.06. The minimum Gasteiger partial charge on any atom is -0.497 e. The minimum absolute atomic E-state index is 0.0880. The first kappa shape index (κ1) is 14.4. The molecule has 1 amide bonds. The fourth-order valence-corrected chi connectivity index (χ4v) is 4.03. The molecule has 0 unspecified atom stereocenters. The summed E-state index contributed by atoms with van der Waals surface area (Å²) in [6, 6.07) is 7.94. The van der Waals surface area contributed by atoms with Gasteiger partial charge >= 0.3 is 0 Å². The summed E-state index contributed by atoms with van der Waals surface area (Å²) >= 11 is 0. The molecule has 0 radical (unpaired) electrons. The van der Waals surface area contributed by atoms with Crippen molar-refractivity contribution < 1.29 is 9.53 Å². The number of benzene rings is 1. The molecule has 1 aromatic carbocycles. The molecular weight excluding hydrogens is 288 g/mol. The van der Waals surface area contributed by atoms with E-state index in [0.717, 1.165) is 29.1 Å². The third-order valence-corrected chi connectivity index (χ3v) is 5.27. The van der Waals surface area contributed by atoms with E-state index in [1.807, 2.05) is 35.0 Å². The number of amides is 1. The Bertz CT molecular complexity index is 762. The van der Waals surface area contributed by atoms with Gasteiger partial charge in [-0.05, 0) is 54.9 Å². The van der Waals surface area contributed by atoms with Crippen LogP contribution in [0.15, 0.2) is 42.6 Å². The van der Waals surface area contributed by atoms with Gasteiger partial charge in [0.05, 0.1) is 7.11 Å². The molecular formula is C19H22N2O2. The Morgan fingerprint density at radius 3 is 2.96 bits per heavy atom. The number of rotatable bonds is 5. The number of hydrogen-bond acceptors (Lipinski definition) is 2. The highest BCUT2D eigenvalue weighted by molar-refractivity contribution is 5.84. The number of hydrogen-bond donors (Lipinski definition) is 1. The third kappa shape index (κ3) is 2.74. The van der Waals surface area contributed by atoms with Crippen LogP contribution in [0.5, 0.6) is 5.75 Å². The molecule has 4 rings (SSSR count). The normalized spacial score (nSPS) is 25.2. The quantitative estimate of drug-likeness (QED) is 0.863. The van der Waals surface area contributed by atoms with Crippen LogP contribution >= 0.6 is 0 Å². The van der Waals surface area contributed by atoms with Crippen molar-refractivity contribution >= 4 is 16.8 Å². The van der Waals surface area contributed by atoms with Gasteiger partial charge in [0.1, 0.15) is 12.3 Å². The van der Waals surface area contributed by atoms with Gasteiger partial charge in [0, 0.05) is 23.6 Å². The molecule has 1 heterocycles. The average Bonchev–Trinajstić information content (AvgIpc) is 3.28. The van der Waals surface area contributed by atoms with Crippen LogP contribution in [0, 0.1) is 17.8 Å². The lowest BCUT2D eigenvalue weighted by molar-refractivity contribution is -0.121. The highest BCUT2D eigenvalue weighted by Gasteiger charge is 2.35. The lowest BCUT2D eigenvalue weighted by atomic mass is 9.94. The van der Waals surface area contributed by atoms with E-state index in [0.29, 0.717) is 18.4 Å². The number of methoxy groups -OCH3 is 1. The Morgan fingerprint density at radius 1 is 1.30 bits per heavy atom. The molecule has 2 aromatic rings.